The predicted octanol–water partition coefficient (Wildman–Crippen LogP) is 6.73. The molecule has 0 aliphatic carbocycles. The van der Waals surface area contributed by atoms with Crippen molar-refractivity contribution in [1.29, 1.82) is 0 Å². The normalized spacial score (nSPS) is 15.5. The van der Waals surface area contributed by atoms with Crippen LogP contribution < -0.4 is 10.6 Å². The topological polar surface area (TPSA) is 44.1 Å². The summed E-state index contributed by atoms with van der Waals surface area (Å²) in [6.07, 6.45) is 23.9. The highest BCUT2D eigenvalue weighted by atomic mass is 16.1. The summed E-state index contributed by atoms with van der Waals surface area (Å²) in [5, 5.41) is 6.65. The van der Waals surface area contributed by atoms with E-state index in [9.17, 15) is 4.79 Å². The SMILES string of the molecule is C=CC(C(C)NC(=O)CCCCCCCCCCCCCCCCC)[N+]1=C(CC)NCC1. The van der Waals surface area contributed by atoms with Crippen LogP contribution in [-0.4, -0.2) is 41.5 Å². The van der Waals surface area contributed by atoms with Crippen molar-refractivity contribution in [3.63, 3.8) is 0 Å². The van der Waals surface area contributed by atoms with Gasteiger partial charge >= 0.3 is 0 Å². The van der Waals surface area contributed by atoms with Gasteiger partial charge in [-0.2, -0.15) is 0 Å². The Bertz CT molecular complexity index is 529. The Labute approximate surface area is 199 Å². The number of rotatable bonds is 21. The predicted molar refractivity (Wildman–Crippen MR) is 140 cm³/mol. The second kappa shape index (κ2) is 19.2. The van der Waals surface area contributed by atoms with Crippen molar-refractivity contribution in [2.24, 2.45) is 0 Å². The number of unbranched alkanes of at least 4 members (excludes halogenated alkanes) is 14. The maximum Gasteiger partial charge on any atom is 0.245 e. The molecule has 1 rings (SSSR count). The molecule has 0 bridgehead atoms. The van der Waals surface area contributed by atoms with Crippen LogP contribution in [-0.2, 0) is 4.79 Å². The minimum Gasteiger partial charge on any atom is -0.349 e. The van der Waals surface area contributed by atoms with Crippen molar-refractivity contribution in [3.8, 4) is 0 Å². The smallest absolute Gasteiger partial charge is 0.245 e. The van der Waals surface area contributed by atoms with Crippen LogP contribution in [0.15, 0.2) is 12.7 Å². The first kappa shape index (κ1) is 28.7. The molecule has 32 heavy (non-hydrogen) atoms. The highest BCUT2D eigenvalue weighted by molar-refractivity contribution is 5.78. The fourth-order valence-electron chi connectivity index (χ4n) is 4.88. The first-order chi connectivity index (χ1) is 15.6. The lowest BCUT2D eigenvalue weighted by Crippen LogP contribution is -2.46. The Morgan fingerprint density at radius 1 is 0.938 bits per heavy atom. The van der Waals surface area contributed by atoms with E-state index in [0.29, 0.717) is 6.42 Å². The summed E-state index contributed by atoms with van der Waals surface area (Å²) in [7, 11) is 0. The highest BCUT2D eigenvalue weighted by Crippen LogP contribution is 2.14. The van der Waals surface area contributed by atoms with Crippen LogP contribution in [0.1, 0.15) is 130 Å². The van der Waals surface area contributed by atoms with Crippen molar-refractivity contribution in [1.82, 2.24) is 10.6 Å². The largest absolute Gasteiger partial charge is 0.349 e. The molecule has 0 saturated carbocycles. The summed E-state index contributed by atoms with van der Waals surface area (Å²) >= 11 is 0. The molecule has 4 nitrogen and oxygen atoms in total. The molecule has 0 radical (unpaired) electrons. The zero-order chi connectivity index (χ0) is 23.4. The maximum absolute atomic E-state index is 12.4. The first-order valence-electron chi connectivity index (χ1n) is 13.9. The Balaban J connectivity index is 1.98. The molecule has 1 aliphatic rings. The van der Waals surface area contributed by atoms with E-state index in [0.717, 1.165) is 25.9 Å². The molecule has 4 heteroatoms. The average molecular weight is 449 g/mol. The first-order valence-corrected chi connectivity index (χ1v) is 13.9. The van der Waals surface area contributed by atoms with Gasteiger partial charge in [-0.15, -0.1) is 0 Å². The second-order valence-electron chi connectivity index (χ2n) is 9.70. The molecule has 1 amide bonds. The number of hydrogen-bond donors (Lipinski definition) is 2. The zero-order valence-electron chi connectivity index (χ0n) is 21.7. The second-order valence-corrected chi connectivity index (χ2v) is 9.70. The van der Waals surface area contributed by atoms with E-state index in [1.807, 2.05) is 6.08 Å². The van der Waals surface area contributed by atoms with Gasteiger partial charge in [0.2, 0.25) is 11.7 Å². The Hall–Kier alpha value is -1.32. The van der Waals surface area contributed by atoms with Crippen LogP contribution in [0.5, 0.6) is 0 Å². The lowest BCUT2D eigenvalue weighted by Gasteiger charge is -2.22. The molecular weight excluding hydrogens is 394 g/mol. The van der Waals surface area contributed by atoms with Crippen LogP contribution in [0.3, 0.4) is 0 Å². The Kier molecular flexibility index (Phi) is 17.2. The Morgan fingerprint density at radius 3 is 1.91 bits per heavy atom. The lowest BCUT2D eigenvalue weighted by molar-refractivity contribution is -0.549. The third-order valence-electron chi connectivity index (χ3n) is 6.87. The molecule has 0 saturated heterocycles. The van der Waals surface area contributed by atoms with Gasteiger partial charge in [-0.1, -0.05) is 110 Å². The molecule has 1 aliphatic heterocycles. The van der Waals surface area contributed by atoms with Gasteiger partial charge in [0.25, 0.3) is 0 Å². The van der Waals surface area contributed by atoms with Gasteiger partial charge in [0.1, 0.15) is 19.1 Å². The molecule has 2 N–H and O–H groups in total. The van der Waals surface area contributed by atoms with Gasteiger partial charge in [-0.25, -0.2) is 0 Å². The minimum atomic E-state index is 0.0813. The monoisotopic (exact) mass is 448 g/mol. The van der Waals surface area contributed by atoms with E-state index in [4.69, 9.17) is 0 Å². The molecule has 2 unspecified atom stereocenters. The van der Waals surface area contributed by atoms with Gasteiger partial charge in [-0.05, 0) is 19.4 Å². The van der Waals surface area contributed by atoms with Gasteiger partial charge in [0.05, 0.1) is 6.04 Å². The summed E-state index contributed by atoms with van der Waals surface area (Å²) in [6, 6.07) is 0.239. The molecule has 0 spiro atoms. The third kappa shape index (κ3) is 12.6. The average Bonchev–Trinajstić information content (AvgIpc) is 3.25. The molecule has 2 atom stereocenters. The fourth-order valence-corrected chi connectivity index (χ4v) is 4.88. The Morgan fingerprint density at radius 2 is 1.44 bits per heavy atom. The van der Waals surface area contributed by atoms with Crippen LogP contribution in [0.25, 0.3) is 0 Å². The number of carbonyl (C=O) groups is 1. The zero-order valence-corrected chi connectivity index (χ0v) is 21.7. The molecule has 0 aromatic heterocycles. The number of carbonyl (C=O) groups excluding carboxylic acids is 1. The van der Waals surface area contributed by atoms with Crippen LogP contribution >= 0.6 is 0 Å². The fraction of sp³-hybridized carbons (Fsp3) is 0.857. The van der Waals surface area contributed by atoms with Crippen molar-refractivity contribution in [2.45, 2.75) is 142 Å². The number of nitrogens with zero attached hydrogens (tertiary/aromatic N) is 1. The van der Waals surface area contributed by atoms with Crippen molar-refractivity contribution < 1.29 is 9.37 Å². The molecule has 0 aromatic rings. The molecule has 0 fully saturated rings. The molecule has 0 aromatic carbocycles. The van der Waals surface area contributed by atoms with Gasteiger partial charge in [-0.3, -0.25) is 14.7 Å². The number of hydrogen-bond acceptors (Lipinski definition) is 2. The van der Waals surface area contributed by atoms with E-state index in [2.05, 4.69) is 42.6 Å². The number of amides is 1. The standard InChI is InChI=1S/C28H53N3O/c1-5-8-9-10-11-12-13-14-15-16-17-18-19-20-21-22-28(32)30-25(4)26(6-2)31-24-23-29-27(31)7-3/h6,25-26H,2,5,7-24H2,1,3-4H3,(H,30,32)/p+1. The molecular formula is C28H54N3O+. The summed E-state index contributed by atoms with van der Waals surface area (Å²) in [4.78, 5) is 12.4. The summed E-state index contributed by atoms with van der Waals surface area (Å²) < 4.78 is 2.35. The van der Waals surface area contributed by atoms with Gasteiger partial charge in [0.15, 0.2) is 0 Å². The van der Waals surface area contributed by atoms with Crippen molar-refractivity contribution >= 4 is 11.7 Å². The lowest BCUT2D eigenvalue weighted by atomic mass is 10.0. The van der Waals surface area contributed by atoms with Crippen LogP contribution in [0.2, 0.25) is 0 Å². The number of nitrogens with one attached hydrogen (secondary N) is 2. The van der Waals surface area contributed by atoms with Crippen molar-refractivity contribution in [3.05, 3.63) is 12.7 Å². The maximum atomic E-state index is 12.4. The van der Waals surface area contributed by atoms with Crippen LogP contribution in [0, 0.1) is 0 Å². The van der Waals surface area contributed by atoms with E-state index in [1.54, 1.807) is 0 Å². The summed E-state index contributed by atoms with van der Waals surface area (Å²) in [6.45, 7) is 12.5. The quantitative estimate of drug-likeness (QED) is 0.116. The van der Waals surface area contributed by atoms with E-state index >= 15 is 0 Å². The minimum absolute atomic E-state index is 0.0813. The van der Waals surface area contributed by atoms with Gasteiger partial charge < -0.3 is 5.32 Å². The summed E-state index contributed by atoms with van der Waals surface area (Å²) in [5.41, 5.74) is 0. The van der Waals surface area contributed by atoms with Gasteiger partial charge in [0, 0.05) is 12.8 Å². The van der Waals surface area contributed by atoms with E-state index < -0.39 is 0 Å². The van der Waals surface area contributed by atoms with E-state index in [-0.39, 0.29) is 18.0 Å². The van der Waals surface area contributed by atoms with E-state index in [1.165, 1.54) is 95.7 Å². The van der Waals surface area contributed by atoms with Crippen LogP contribution in [0.4, 0.5) is 0 Å². The molecule has 1 heterocycles. The summed E-state index contributed by atoms with van der Waals surface area (Å²) in [5.74, 6) is 1.45. The third-order valence-corrected chi connectivity index (χ3v) is 6.87. The molecule has 186 valence electrons. The van der Waals surface area contributed by atoms with Crippen molar-refractivity contribution in [2.75, 3.05) is 13.1 Å². The highest BCUT2D eigenvalue weighted by Gasteiger charge is 2.29. The number of amidine groups is 1.